The molecule has 3 atom stereocenters. The summed E-state index contributed by atoms with van der Waals surface area (Å²) < 4.78 is 1.71. The number of aromatic nitrogens is 8. The summed E-state index contributed by atoms with van der Waals surface area (Å²) in [6.07, 6.45) is 13.2. The van der Waals surface area contributed by atoms with Gasteiger partial charge in [0.1, 0.15) is 5.69 Å². The van der Waals surface area contributed by atoms with Gasteiger partial charge in [0.2, 0.25) is 5.95 Å². The zero-order valence-electron chi connectivity index (χ0n) is 17.3. The predicted octanol–water partition coefficient (Wildman–Crippen LogP) is 2.10. The standard InChI is InChI=1S/C21H24N10/c1-30(15-9-13-3-2-4-14(10-15)25-13)21-22-12-18(26-28-21)16-5-6-19(31-8-7-23-29-31)20-17(16)11-24-27-20/h5-8,11-15,25H,2-4,9-10H2,1H3,(H,24,27)/t13-,14+,15?. The minimum atomic E-state index is 0.451. The fraction of sp³-hybridized carbons (Fsp3) is 0.429. The van der Waals surface area contributed by atoms with Gasteiger partial charge in [-0.1, -0.05) is 11.6 Å². The number of hydrogen-bond donors (Lipinski definition) is 2. The minimum absolute atomic E-state index is 0.451. The summed E-state index contributed by atoms with van der Waals surface area (Å²) in [5.74, 6) is 0.677. The van der Waals surface area contributed by atoms with Crippen LogP contribution in [0.25, 0.3) is 27.8 Å². The van der Waals surface area contributed by atoms with Crippen molar-refractivity contribution in [3.05, 3.63) is 36.9 Å². The summed E-state index contributed by atoms with van der Waals surface area (Å²) in [5.41, 5.74) is 3.39. The van der Waals surface area contributed by atoms with Crippen LogP contribution in [0, 0.1) is 0 Å². The lowest BCUT2D eigenvalue weighted by molar-refractivity contribution is 0.218. The fourth-order valence-electron chi connectivity index (χ4n) is 5.04. The van der Waals surface area contributed by atoms with E-state index >= 15 is 0 Å². The number of aromatic amines is 1. The molecule has 158 valence electrons. The van der Waals surface area contributed by atoms with Gasteiger partial charge in [0, 0.05) is 36.1 Å². The zero-order chi connectivity index (χ0) is 20.8. The first-order valence-electron chi connectivity index (χ1n) is 10.8. The maximum Gasteiger partial charge on any atom is 0.245 e. The van der Waals surface area contributed by atoms with Crippen LogP contribution in [0.2, 0.25) is 0 Å². The first-order chi connectivity index (χ1) is 15.3. The Morgan fingerprint density at radius 1 is 1.10 bits per heavy atom. The fourth-order valence-corrected chi connectivity index (χ4v) is 5.04. The zero-order valence-corrected chi connectivity index (χ0v) is 17.3. The first kappa shape index (κ1) is 18.4. The molecular formula is C21H24N10. The van der Waals surface area contributed by atoms with Gasteiger partial charge in [0.05, 0.1) is 36.0 Å². The Morgan fingerprint density at radius 2 is 1.97 bits per heavy atom. The van der Waals surface area contributed by atoms with Gasteiger partial charge in [-0.25, -0.2) is 9.67 Å². The monoisotopic (exact) mass is 416 g/mol. The van der Waals surface area contributed by atoms with Crippen LogP contribution in [-0.2, 0) is 0 Å². The van der Waals surface area contributed by atoms with E-state index < -0.39 is 0 Å². The molecule has 0 aliphatic carbocycles. The summed E-state index contributed by atoms with van der Waals surface area (Å²) >= 11 is 0. The average molecular weight is 416 g/mol. The Bertz CT molecular complexity index is 1170. The summed E-state index contributed by atoms with van der Waals surface area (Å²) in [6.45, 7) is 0. The van der Waals surface area contributed by atoms with E-state index in [2.05, 4.69) is 53.0 Å². The topological polar surface area (TPSA) is 113 Å². The lowest BCUT2D eigenvalue weighted by Gasteiger charge is -2.43. The smallest absolute Gasteiger partial charge is 0.245 e. The molecule has 2 N–H and O–H groups in total. The highest BCUT2D eigenvalue weighted by molar-refractivity contribution is 5.97. The van der Waals surface area contributed by atoms with E-state index in [-0.39, 0.29) is 0 Å². The molecule has 2 aliphatic rings. The summed E-state index contributed by atoms with van der Waals surface area (Å²) in [6, 6.07) is 5.65. The van der Waals surface area contributed by atoms with Crippen LogP contribution in [0.3, 0.4) is 0 Å². The second kappa shape index (κ2) is 7.38. The van der Waals surface area contributed by atoms with Gasteiger partial charge in [0.25, 0.3) is 0 Å². The molecule has 1 aromatic carbocycles. The molecule has 2 saturated heterocycles. The van der Waals surface area contributed by atoms with Crippen LogP contribution in [0.15, 0.2) is 36.9 Å². The van der Waals surface area contributed by atoms with Crippen LogP contribution in [0.4, 0.5) is 5.95 Å². The number of H-pyrrole nitrogens is 1. The lowest BCUT2D eigenvalue weighted by Crippen LogP contribution is -2.54. The Balaban J connectivity index is 1.28. The van der Waals surface area contributed by atoms with E-state index in [9.17, 15) is 0 Å². The van der Waals surface area contributed by atoms with Crippen molar-refractivity contribution in [2.45, 2.75) is 50.2 Å². The molecular weight excluding hydrogens is 392 g/mol. The number of piperidine rings is 2. The van der Waals surface area contributed by atoms with Gasteiger partial charge >= 0.3 is 0 Å². The van der Waals surface area contributed by atoms with E-state index in [4.69, 9.17) is 0 Å². The number of nitrogens with one attached hydrogen (secondary N) is 2. The Labute approximate surface area is 179 Å². The highest BCUT2D eigenvalue weighted by atomic mass is 15.4. The van der Waals surface area contributed by atoms with Gasteiger partial charge in [-0.3, -0.25) is 5.10 Å². The molecule has 4 aromatic rings. The van der Waals surface area contributed by atoms with Crippen molar-refractivity contribution in [1.82, 2.24) is 45.7 Å². The molecule has 0 amide bonds. The van der Waals surface area contributed by atoms with Crippen molar-refractivity contribution in [2.75, 3.05) is 11.9 Å². The number of anilines is 1. The SMILES string of the molecule is CN(c1ncc(-c2ccc(-n3ccnn3)c3[nH]ncc23)nn1)C1C[C@H]2CCC[C@@H](C1)N2. The van der Waals surface area contributed by atoms with Crippen molar-refractivity contribution >= 4 is 16.9 Å². The molecule has 2 bridgehead atoms. The van der Waals surface area contributed by atoms with Crippen LogP contribution in [0.1, 0.15) is 32.1 Å². The summed E-state index contributed by atoms with van der Waals surface area (Å²) in [5, 5.41) is 28.9. The minimum Gasteiger partial charge on any atom is -0.339 e. The van der Waals surface area contributed by atoms with Crippen LogP contribution >= 0.6 is 0 Å². The van der Waals surface area contributed by atoms with E-state index in [0.29, 0.717) is 24.1 Å². The Kier molecular flexibility index (Phi) is 4.37. The van der Waals surface area contributed by atoms with Crippen LogP contribution < -0.4 is 10.2 Å². The van der Waals surface area contributed by atoms with Crippen molar-refractivity contribution in [3.63, 3.8) is 0 Å². The summed E-state index contributed by atoms with van der Waals surface area (Å²) in [7, 11) is 2.09. The third-order valence-electron chi connectivity index (χ3n) is 6.64. The normalized spacial score (nSPS) is 23.2. The van der Waals surface area contributed by atoms with Gasteiger partial charge in [0.15, 0.2) is 0 Å². The molecule has 0 saturated carbocycles. The quantitative estimate of drug-likeness (QED) is 0.520. The van der Waals surface area contributed by atoms with E-state index in [0.717, 1.165) is 40.7 Å². The van der Waals surface area contributed by atoms with Gasteiger partial charge < -0.3 is 10.2 Å². The van der Waals surface area contributed by atoms with E-state index in [1.54, 1.807) is 29.5 Å². The highest BCUT2D eigenvalue weighted by Crippen LogP contribution is 2.31. The summed E-state index contributed by atoms with van der Waals surface area (Å²) in [4.78, 5) is 6.86. The number of nitrogens with zero attached hydrogens (tertiary/aromatic N) is 8. The largest absolute Gasteiger partial charge is 0.339 e. The third-order valence-corrected chi connectivity index (χ3v) is 6.64. The number of hydrogen-bond acceptors (Lipinski definition) is 8. The molecule has 2 fully saturated rings. The van der Waals surface area contributed by atoms with E-state index in [1.807, 2.05) is 12.1 Å². The Hall–Kier alpha value is -3.40. The molecule has 0 radical (unpaired) electrons. The second-order valence-electron chi connectivity index (χ2n) is 8.51. The number of benzene rings is 1. The van der Waals surface area contributed by atoms with Gasteiger partial charge in [-0.15, -0.1) is 15.3 Å². The molecule has 5 heterocycles. The molecule has 0 spiro atoms. The number of rotatable bonds is 4. The Morgan fingerprint density at radius 3 is 2.71 bits per heavy atom. The van der Waals surface area contributed by atoms with Gasteiger partial charge in [-0.05, 0) is 37.8 Å². The highest BCUT2D eigenvalue weighted by Gasteiger charge is 2.33. The lowest BCUT2D eigenvalue weighted by atomic mass is 9.83. The molecule has 10 nitrogen and oxygen atoms in total. The average Bonchev–Trinajstić information content (AvgIpc) is 3.50. The second-order valence-corrected chi connectivity index (χ2v) is 8.51. The van der Waals surface area contributed by atoms with Crippen LogP contribution in [0.5, 0.6) is 0 Å². The predicted molar refractivity (Wildman–Crippen MR) is 116 cm³/mol. The van der Waals surface area contributed by atoms with Gasteiger partial charge in [-0.2, -0.15) is 5.10 Å². The first-order valence-corrected chi connectivity index (χ1v) is 10.8. The van der Waals surface area contributed by atoms with Crippen molar-refractivity contribution in [1.29, 1.82) is 0 Å². The molecule has 6 rings (SSSR count). The maximum atomic E-state index is 4.66. The van der Waals surface area contributed by atoms with E-state index in [1.165, 1.54) is 19.3 Å². The maximum absolute atomic E-state index is 4.66. The molecule has 1 unspecified atom stereocenters. The molecule has 2 aliphatic heterocycles. The molecule has 31 heavy (non-hydrogen) atoms. The van der Waals surface area contributed by atoms with Crippen LogP contribution in [-0.4, -0.2) is 65.5 Å². The molecule has 10 heteroatoms. The van der Waals surface area contributed by atoms with Crippen molar-refractivity contribution in [3.8, 4) is 16.9 Å². The number of fused-ring (bicyclic) bond motifs is 3. The molecule has 3 aromatic heterocycles. The van der Waals surface area contributed by atoms with Crippen molar-refractivity contribution < 1.29 is 0 Å². The third kappa shape index (κ3) is 3.23. The van der Waals surface area contributed by atoms with Crippen molar-refractivity contribution in [2.24, 2.45) is 0 Å².